The van der Waals surface area contributed by atoms with Crippen LogP contribution in [0.4, 0.5) is 13.2 Å². The van der Waals surface area contributed by atoms with E-state index in [9.17, 15) is 18.0 Å². The summed E-state index contributed by atoms with van der Waals surface area (Å²) < 4.78 is 40.0. The predicted molar refractivity (Wildman–Crippen MR) is 91.6 cm³/mol. The van der Waals surface area contributed by atoms with E-state index in [-0.39, 0.29) is 24.4 Å². The fraction of sp³-hybridized carbons (Fsp3) is 0.778. The molecule has 2 fully saturated rings. The molecule has 0 spiro atoms. The minimum Gasteiger partial charge on any atom is -0.351 e. The summed E-state index contributed by atoms with van der Waals surface area (Å²) in [5.41, 5.74) is -0.396. The highest BCUT2D eigenvalue weighted by molar-refractivity contribution is 5.76. The van der Waals surface area contributed by atoms with E-state index < -0.39 is 11.9 Å². The van der Waals surface area contributed by atoms with Crippen molar-refractivity contribution in [2.24, 2.45) is 5.92 Å². The Morgan fingerprint density at radius 3 is 2.54 bits per heavy atom. The van der Waals surface area contributed by atoms with Gasteiger partial charge in [-0.1, -0.05) is 6.92 Å². The zero-order valence-corrected chi connectivity index (χ0v) is 15.4. The lowest BCUT2D eigenvalue weighted by Crippen LogP contribution is -2.45. The second-order valence-corrected chi connectivity index (χ2v) is 7.84. The first-order valence-corrected chi connectivity index (χ1v) is 9.39. The molecule has 0 aromatic carbocycles. The number of piperidine rings is 1. The molecule has 26 heavy (non-hydrogen) atoms. The highest BCUT2D eigenvalue weighted by Crippen LogP contribution is 2.42. The minimum atomic E-state index is -4.48. The summed E-state index contributed by atoms with van der Waals surface area (Å²) in [4.78, 5) is 14.6. The quantitative estimate of drug-likeness (QED) is 0.835. The molecule has 1 aliphatic heterocycles. The third-order valence-electron chi connectivity index (χ3n) is 5.21. The molecule has 1 aromatic heterocycles. The highest BCUT2D eigenvalue weighted by Gasteiger charge is 2.38. The van der Waals surface area contributed by atoms with Crippen molar-refractivity contribution in [3.05, 3.63) is 17.5 Å². The summed E-state index contributed by atoms with van der Waals surface area (Å²) in [6, 6.07) is 1.04. The number of carbonyl (C=O) groups is 1. The van der Waals surface area contributed by atoms with Crippen LogP contribution in [-0.2, 0) is 17.5 Å². The fourth-order valence-corrected chi connectivity index (χ4v) is 3.54. The molecule has 1 N–H and O–H groups in total. The number of hydrogen-bond donors (Lipinski definition) is 1. The molecule has 1 saturated heterocycles. The molecule has 3 rings (SSSR count). The number of nitrogens with one attached hydrogen (secondary N) is 1. The summed E-state index contributed by atoms with van der Waals surface area (Å²) in [5, 5.41) is 6.53. The topological polar surface area (TPSA) is 50.2 Å². The van der Waals surface area contributed by atoms with E-state index in [0.29, 0.717) is 5.69 Å². The Kier molecular flexibility index (Phi) is 5.60. The van der Waals surface area contributed by atoms with E-state index in [1.54, 1.807) is 0 Å². The number of amides is 1. The molecule has 0 unspecified atom stereocenters. The third kappa shape index (κ3) is 4.99. The molecule has 8 heteroatoms. The van der Waals surface area contributed by atoms with Crippen LogP contribution >= 0.6 is 0 Å². The number of carbonyl (C=O) groups excluding carboxylic acids is 1. The van der Waals surface area contributed by atoms with Gasteiger partial charge < -0.3 is 10.2 Å². The lowest BCUT2D eigenvalue weighted by Gasteiger charge is -2.32. The zero-order valence-electron chi connectivity index (χ0n) is 15.4. The molecule has 146 valence electrons. The smallest absolute Gasteiger partial charge is 0.351 e. The van der Waals surface area contributed by atoms with Gasteiger partial charge in [0.15, 0.2) is 5.69 Å². The molecular weight excluding hydrogens is 345 g/mol. The maximum absolute atomic E-state index is 12.9. The Bertz CT molecular complexity index is 631. The maximum Gasteiger partial charge on any atom is 0.435 e. The molecule has 5 nitrogen and oxygen atoms in total. The van der Waals surface area contributed by atoms with Gasteiger partial charge in [-0.15, -0.1) is 0 Å². The monoisotopic (exact) mass is 372 g/mol. The van der Waals surface area contributed by atoms with Crippen LogP contribution in [0.3, 0.4) is 0 Å². The second kappa shape index (κ2) is 7.58. The van der Waals surface area contributed by atoms with Gasteiger partial charge in [0, 0.05) is 24.2 Å². The van der Waals surface area contributed by atoms with Gasteiger partial charge in [0.05, 0.1) is 0 Å². The fourth-order valence-electron chi connectivity index (χ4n) is 3.54. The van der Waals surface area contributed by atoms with E-state index in [0.717, 1.165) is 44.5 Å². The largest absolute Gasteiger partial charge is 0.435 e. The number of hydrogen-bond acceptors (Lipinski definition) is 3. The standard InChI is InChI=1S/C18H27F3N4O/c1-12-5-7-24(8-6-12)10-13(2)22-17(26)11-25-15(14-3-4-14)9-16(23-25)18(19,20)21/h9,12-14H,3-8,10-11H2,1-2H3,(H,22,26)/t13-/m1/s1. The summed E-state index contributed by atoms with van der Waals surface area (Å²) in [6.07, 6.45) is -0.440. The van der Waals surface area contributed by atoms with Gasteiger partial charge in [0.2, 0.25) is 5.91 Å². The average Bonchev–Trinajstić information content (AvgIpc) is 3.29. The molecule has 0 radical (unpaired) electrons. The number of aromatic nitrogens is 2. The van der Waals surface area contributed by atoms with Gasteiger partial charge in [-0.05, 0) is 57.7 Å². The first kappa shape index (κ1) is 19.2. The molecule has 0 bridgehead atoms. The number of likely N-dealkylation sites (tertiary alicyclic amines) is 1. The first-order valence-electron chi connectivity index (χ1n) is 9.39. The Hall–Kier alpha value is -1.57. The Labute approximate surface area is 151 Å². The van der Waals surface area contributed by atoms with Gasteiger partial charge >= 0.3 is 6.18 Å². The molecule has 2 heterocycles. The Balaban J connectivity index is 1.55. The van der Waals surface area contributed by atoms with Gasteiger partial charge in [0.1, 0.15) is 6.54 Å². The van der Waals surface area contributed by atoms with Crippen molar-refractivity contribution >= 4 is 5.91 Å². The molecule has 1 amide bonds. The Morgan fingerprint density at radius 2 is 1.96 bits per heavy atom. The molecule has 1 saturated carbocycles. The van der Waals surface area contributed by atoms with Crippen LogP contribution in [0.5, 0.6) is 0 Å². The van der Waals surface area contributed by atoms with E-state index >= 15 is 0 Å². The van der Waals surface area contributed by atoms with Gasteiger partial charge in [-0.2, -0.15) is 18.3 Å². The average molecular weight is 372 g/mol. The molecule has 2 aliphatic rings. The van der Waals surface area contributed by atoms with E-state index in [1.165, 1.54) is 17.5 Å². The van der Waals surface area contributed by atoms with Crippen LogP contribution in [0.25, 0.3) is 0 Å². The highest BCUT2D eigenvalue weighted by atomic mass is 19.4. The van der Waals surface area contributed by atoms with Crippen LogP contribution in [0, 0.1) is 5.92 Å². The van der Waals surface area contributed by atoms with Crippen LogP contribution in [0.15, 0.2) is 6.07 Å². The Morgan fingerprint density at radius 1 is 1.31 bits per heavy atom. The maximum atomic E-state index is 12.9. The molecule has 1 atom stereocenters. The van der Waals surface area contributed by atoms with Crippen molar-refractivity contribution < 1.29 is 18.0 Å². The van der Waals surface area contributed by atoms with Crippen molar-refractivity contribution in [3.8, 4) is 0 Å². The van der Waals surface area contributed by atoms with Crippen molar-refractivity contribution in [2.75, 3.05) is 19.6 Å². The number of nitrogens with zero attached hydrogens (tertiary/aromatic N) is 3. The summed E-state index contributed by atoms with van der Waals surface area (Å²) in [5.74, 6) is 0.556. The van der Waals surface area contributed by atoms with Gasteiger partial charge in [-0.25, -0.2) is 0 Å². The van der Waals surface area contributed by atoms with Crippen molar-refractivity contribution in [3.63, 3.8) is 0 Å². The number of rotatable bonds is 6. The van der Waals surface area contributed by atoms with Crippen LogP contribution in [0.1, 0.15) is 56.8 Å². The first-order chi connectivity index (χ1) is 12.2. The van der Waals surface area contributed by atoms with Crippen LogP contribution in [-0.4, -0.2) is 46.3 Å². The van der Waals surface area contributed by atoms with Crippen molar-refractivity contribution in [1.82, 2.24) is 20.0 Å². The lowest BCUT2D eigenvalue weighted by molar-refractivity contribution is -0.141. The SMILES string of the molecule is CC1CCN(C[C@@H](C)NC(=O)Cn2nc(C(F)(F)F)cc2C2CC2)CC1. The van der Waals surface area contributed by atoms with E-state index in [2.05, 4.69) is 22.2 Å². The van der Waals surface area contributed by atoms with Gasteiger partial charge in [-0.3, -0.25) is 9.48 Å². The summed E-state index contributed by atoms with van der Waals surface area (Å²) in [6.45, 7) is 6.84. The molecular formula is C18H27F3N4O. The molecule has 1 aromatic rings. The van der Waals surface area contributed by atoms with E-state index in [1.807, 2.05) is 6.92 Å². The normalized spacial score (nSPS) is 21.0. The number of alkyl halides is 3. The zero-order chi connectivity index (χ0) is 18.9. The van der Waals surface area contributed by atoms with E-state index in [4.69, 9.17) is 0 Å². The van der Waals surface area contributed by atoms with Gasteiger partial charge in [0.25, 0.3) is 0 Å². The van der Waals surface area contributed by atoms with Crippen LogP contribution in [0.2, 0.25) is 0 Å². The van der Waals surface area contributed by atoms with Crippen LogP contribution < -0.4 is 5.32 Å². The summed E-state index contributed by atoms with van der Waals surface area (Å²) >= 11 is 0. The second-order valence-electron chi connectivity index (χ2n) is 7.84. The van der Waals surface area contributed by atoms with Crippen molar-refractivity contribution in [2.45, 2.75) is 64.2 Å². The minimum absolute atomic E-state index is 0.0436. The molecule has 1 aliphatic carbocycles. The number of halogens is 3. The van der Waals surface area contributed by atoms with Crippen molar-refractivity contribution in [1.29, 1.82) is 0 Å². The third-order valence-corrected chi connectivity index (χ3v) is 5.21. The predicted octanol–water partition coefficient (Wildman–Crippen LogP) is 3.02. The summed E-state index contributed by atoms with van der Waals surface area (Å²) in [7, 11) is 0. The lowest BCUT2D eigenvalue weighted by atomic mass is 9.99.